The minimum atomic E-state index is -0.342. The molecule has 0 saturated carbocycles. The molecule has 1 atom stereocenters. The lowest BCUT2D eigenvalue weighted by Gasteiger charge is -2.27. The number of hydrogen-bond acceptors (Lipinski definition) is 2. The molecule has 1 unspecified atom stereocenters. The Morgan fingerprint density at radius 3 is 2.52 bits per heavy atom. The smallest absolute Gasteiger partial charge is 0.229 e. The minimum Gasteiger partial charge on any atom is -0.326 e. The normalized spacial score (nSPS) is 17.3. The Balaban J connectivity index is 1.80. The van der Waals surface area contributed by atoms with Crippen molar-refractivity contribution in [2.24, 2.45) is 5.92 Å². The Hall–Kier alpha value is -2.62. The highest BCUT2D eigenvalue weighted by Gasteiger charge is 2.37. The van der Waals surface area contributed by atoms with Crippen LogP contribution in [0.1, 0.15) is 43.9 Å². The SMILES string of the molecule is Cc1ccc(C)c(NC(=O)C2CC(=O)N(c3ccccc3C(C)(C)C)C2)c1. The van der Waals surface area contributed by atoms with Crippen molar-refractivity contribution in [3.8, 4) is 0 Å². The number of hydrogen-bond donors (Lipinski definition) is 1. The highest BCUT2D eigenvalue weighted by atomic mass is 16.2. The summed E-state index contributed by atoms with van der Waals surface area (Å²) in [4.78, 5) is 27.3. The molecule has 0 aromatic heterocycles. The highest BCUT2D eigenvalue weighted by Crippen LogP contribution is 2.35. The van der Waals surface area contributed by atoms with E-state index in [1.807, 2.05) is 50.2 Å². The van der Waals surface area contributed by atoms with Gasteiger partial charge in [0.1, 0.15) is 0 Å². The van der Waals surface area contributed by atoms with Crippen LogP contribution >= 0.6 is 0 Å². The highest BCUT2D eigenvalue weighted by molar-refractivity contribution is 6.04. The van der Waals surface area contributed by atoms with Crippen LogP contribution in [0.3, 0.4) is 0 Å². The van der Waals surface area contributed by atoms with Crippen LogP contribution in [0.15, 0.2) is 42.5 Å². The van der Waals surface area contributed by atoms with Crippen molar-refractivity contribution in [1.82, 2.24) is 0 Å². The molecule has 4 heteroatoms. The summed E-state index contributed by atoms with van der Waals surface area (Å²) < 4.78 is 0. The van der Waals surface area contributed by atoms with Gasteiger partial charge in [0, 0.05) is 24.3 Å². The minimum absolute atomic E-state index is 0.00724. The second-order valence-corrected chi connectivity index (χ2v) is 8.48. The molecule has 1 aliphatic rings. The third kappa shape index (κ3) is 4.05. The Morgan fingerprint density at radius 2 is 1.81 bits per heavy atom. The predicted octanol–water partition coefficient (Wildman–Crippen LogP) is 4.59. The molecule has 4 nitrogen and oxygen atoms in total. The number of para-hydroxylation sites is 1. The molecule has 2 aromatic carbocycles. The van der Waals surface area contributed by atoms with Gasteiger partial charge in [0.2, 0.25) is 11.8 Å². The summed E-state index contributed by atoms with van der Waals surface area (Å²) >= 11 is 0. The number of anilines is 2. The van der Waals surface area contributed by atoms with Gasteiger partial charge in [-0.25, -0.2) is 0 Å². The van der Waals surface area contributed by atoms with Gasteiger partial charge in [-0.15, -0.1) is 0 Å². The summed E-state index contributed by atoms with van der Waals surface area (Å²) in [6.07, 6.45) is 0.245. The maximum absolute atomic E-state index is 12.8. The summed E-state index contributed by atoms with van der Waals surface area (Å²) in [5.74, 6) is -0.425. The van der Waals surface area contributed by atoms with E-state index in [1.165, 1.54) is 0 Å². The van der Waals surface area contributed by atoms with Crippen molar-refractivity contribution in [3.05, 3.63) is 59.2 Å². The summed E-state index contributed by atoms with van der Waals surface area (Å²) in [6, 6.07) is 14.0. The molecule has 0 spiro atoms. The van der Waals surface area contributed by atoms with Gasteiger partial charge in [-0.3, -0.25) is 9.59 Å². The number of amides is 2. The van der Waals surface area contributed by atoms with Gasteiger partial charge in [-0.05, 0) is 48.1 Å². The van der Waals surface area contributed by atoms with E-state index < -0.39 is 0 Å². The zero-order chi connectivity index (χ0) is 19.8. The van der Waals surface area contributed by atoms with Crippen LogP contribution in [0, 0.1) is 19.8 Å². The van der Waals surface area contributed by atoms with Crippen molar-refractivity contribution in [1.29, 1.82) is 0 Å². The Labute approximate surface area is 161 Å². The van der Waals surface area contributed by atoms with E-state index in [-0.39, 0.29) is 29.6 Å². The quantitative estimate of drug-likeness (QED) is 0.866. The fraction of sp³-hybridized carbons (Fsp3) is 0.391. The summed E-state index contributed by atoms with van der Waals surface area (Å²) in [7, 11) is 0. The van der Waals surface area contributed by atoms with Gasteiger partial charge in [0.15, 0.2) is 0 Å². The molecule has 1 aliphatic heterocycles. The number of benzene rings is 2. The molecular weight excluding hydrogens is 336 g/mol. The number of nitrogens with one attached hydrogen (secondary N) is 1. The van der Waals surface area contributed by atoms with Crippen LogP contribution in [0.2, 0.25) is 0 Å². The maximum Gasteiger partial charge on any atom is 0.229 e. The van der Waals surface area contributed by atoms with Gasteiger partial charge in [-0.1, -0.05) is 51.1 Å². The van der Waals surface area contributed by atoms with Crippen molar-refractivity contribution in [2.75, 3.05) is 16.8 Å². The lowest BCUT2D eigenvalue weighted by molar-refractivity contribution is -0.122. The second kappa shape index (κ2) is 7.18. The Morgan fingerprint density at radius 1 is 1.11 bits per heavy atom. The van der Waals surface area contributed by atoms with Crippen LogP contribution in [-0.2, 0) is 15.0 Å². The molecular formula is C23H28N2O2. The molecule has 1 heterocycles. The number of carbonyl (C=O) groups excluding carboxylic acids is 2. The predicted molar refractivity (Wildman–Crippen MR) is 110 cm³/mol. The lowest BCUT2D eigenvalue weighted by Crippen LogP contribution is -2.30. The second-order valence-electron chi connectivity index (χ2n) is 8.48. The molecule has 0 radical (unpaired) electrons. The van der Waals surface area contributed by atoms with Gasteiger partial charge < -0.3 is 10.2 Å². The fourth-order valence-electron chi connectivity index (χ4n) is 3.56. The zero-order valence-corrected chi connectivity index (χ0v) is 16.8. The van der Waals surface area contributed by atoms with Gasteiger partial charge >= 0.3 is 0 Å². The first-order valence-electron chi connectivity index (χ1n) is 9.45. The molecule has 1 saturated heterocycles. The Bertz CT molecular complexity index is 880. The van der Waals surface area contributed by atoms with E-state index >= 15 is 0 Å². The number of aryl methyl sites for hydroxylation is 2. The van der Waals surface area contributed by atoms with Crippen LogP contribution < -0.4 is 10.2 Å². The Kier molecular flexibility index (Phi) is 5.09. The first kappa shape index (κ1) is 19.2. The third-order valence-electron chi connectivity index (χ3n) is 5.15. The van der Waals surface area contributed by atoms with Crippen molar-refractivity contribution >= 4 is 23.2 Å². The largest absolute Gasteiger partial charge is 0.326 e. The van der Waals surface area contributed by atoms with Crippen molar-refractivity contribution in [3.63, 3.8) is 0 Å². The molecule has 2 aromatic rings. The molecule has 0 bridgehead atoms. The maximum atomic E-state index is 12.8. The summed E-state index contributed by atoms with van der Waals surface area (Å²) in [5.41, 5.74) is 4.90. The van der Waals surface area contributed by atoms with Crippen molar-refractivity contribution in [2.45, 2.75) is 46.5 Å². The molecule has 2 amide bonds. The molecule has 1 N–H and O–H groups in total. The van der Waals surface area contributed by atoms with Gasteiger partial charge in [0.05, 0.1) is 5.92 Å². The molecule has 1 fully saturated rings. The van der Waals surface area contributed by atoms with E-state index in [2.05, 4.69) is 32.2 Å². The number of nitrogens with zero attached hydrogens (tertiary/aromatic N) is 1. The number of rotatable bonds is 3. The third-order valence-corrected chi connectivity index (χ3v) is 5.15. The van der Waals surface area contributed by atoms with E-state index in [4.69, 9.17) is 0 Å². The van der Waals surface area contributed by atoms with Crippen LogP contribution in [0.5, 0.6) is 0 Å². The standard InChI is InChI=1S/C23H28N2O2/c1-15-10-11-16(2)19(12-15)24-22(27)17-13-21(26)25(14-17)20-9-7-6-8-18(20)23(3,4)5/h6-12,17H,13-14H2,1-5H3,(H,24,27). The zero-order valence-electron chi connectivity index (χ0n) is 16.8. The van der Waals surface area contributed by atoms with Gasteiger partial charge in [-0.2, -0.15) is 0 Å². The number of carbonyl (C=O) groups is 2. The van der Waals surface area contributed by atoms with Crippen LogP contribution in [0.4, 0.5) is 11.4 Å². The molecule has 3 rings (SSSR count). The van der Waals surface area contributed by atoms with E-state index in [0.29, 0.717) is 6.54 Å². The van der Waals surface area contributed by atoms with E-state index in [9.17, 15) is 9.59 Å². The molecule has 0 aliphatic carbocycles. The average molecular weight is 364 g/mol. The lowest BCUT2D eigenvalue weighted by atomic mass is 9.85. The van der Waals surface area contributed by atoms with Gasteiger partial charge in [0.25, 0.3) is 0 Å². The first-order chi connectivity index (χ1) is 12.7. The molecule has 142 valence electrons. The summed E-state index contributed by atoms with van der Waals surface area (Å²) in [6.45, 7) is 10.8. The summed E-state index contributed by atoms with van der Waals surface area (Å²) in [5, 5.41) is 3.01. The molecule has 27 heavy (non-hydrogen) atoms. The average Bonchev–Trinajstić information content (AvgIpc) is 2.99. The van der Waals surface area contributed by atoms with E-state index in [1.54, 1.807) is 4.90 Å². The van der Waals surface area contributed by atoms with Crippen LogP contribution in [0.25, 0.3) is 0 Å². The van der Waals surface area contributed by atoms with Crippen molar-refractivity contribution < 1.29 is 9.59 Å². The fourth-order valence-corrected chi connectivity index (χ4v) is 3.56. The topological polar surface area (TPSA) is 49.4 Å². The monoisotopic (exact) mass is 364 g/mol. The van der Waals surface area contributed by atoms with Crippen LogP contribution in [-0.4, -0.2) is 18.4 Å². The van der Waals surface area contributed by atoms with E-state index in [0.717, 1.165) is 28.1 Å². The first-order valence-corrected chi connectivity index (χ1v) is 9.45.